The number of benzene rings is 1. The Kier molecular flexibility index (Phi) is 6.15. The van der Waals surface area contributed by atoms with Crippen LogP contribution in [0.4, 0.5) is 17.5 Å². The van der Waals surface area contributed by atoms with E-state index in [1.54, 1.807) is 37.6 Å². The molecule has 0 saturated carbocycles. The Morgan fingerprint density at radius 2 is 1.80 bits per heavy atom. The highest BCUT2D eigenvalue weighted by Crippen LogP contribution is 2.30. The van der Waals surface area contributed by atoms with Crippen LogP contribution in [0.15, 0.2) is 48.7 Å². The quantitative estimate of drug-likeness (QED) is 0.584. The topological polar surface area (TPSA) is 98.3 Å². The van der Waals surface area contributed by atoms with Crippen LogP contribution in [0.1, 0.15) is 31.1 Å². The number of aromatic nitrogens is 3. The number of ether oxygens (including phenoxy) is 2. The minimum Gasteiger partial charge on any atom is -0.495 e. The van der Waals surface area contributed by atoms with E-state index in [-0.39, 0.29) is 5.54 Å². The summed E-state index contributed by atoms with van der Waals surface area (Å²) in [6.07, 6.45) is 1.71. The number of nitrogens with zero attached hydrogens (tertiary/aromatic N) is 3. The molecule has 0 aliphatic carbocycles. The molecule has 0 atom stereocenters. The summed E-state index contributed by atoms with van der Waals surface area (Å²) in [5.74, 6) is 1.10. The number of rotatable bonds is 6. The Balaban J connectivity index is 2.05. The van der Waals surface area contributed by atoms with Crippen molar-refractivity contribution in [2.75, 3.05) is 24.9 Å². The highest BCUT2D eigenvalue weighted by molar-refractivity contribution is 5.91. The fourth-order valence-electron chi connectivity index (χ4n) is 2.74. The van der Waals surface area contributed by atoms with Crippen LogP contribution in [0.25, 0.3) is 11.4 Å². The number of pyridine rings is 1. The Bertz CT molecular complexity index is 1030. The van der Waals surface area contributed by atoms with E-state index in [0.29, 0.717) is 34.5 Å². The standard InChI is InChI=1S/C22H25N5O3/c1-22(2,3)27-21-25-16(15-8-6-7-11-23-15)13-19(26-21)24-17-12-14(20(28)30-5)9-10-18(17)29-4/h6-13H,1-5H3,(H2,24,25,26,27). The number of carbonyl (C=O) groups excluding carboxylic acids is 1. The summed E-state index contributed by atoms with van der Waals surface area (Å²) in [6, 6.07) is 12.4. The van der Waals surface area contributed by atoms with Crippen molar-refractivity contribution < 1.29 is 14.3 Å². The predicted molar refractivity (Wildman–Crippen MR) is 116 cm³/mol. The van der Waals surface area contributed by atoms with E-state index in [9.17, 15) is 4.79 Å². The molecule has 0 saturated heterocycles. The van der Waals surface area contributed by atoms with Crippen LogP contribution < -0.4 is 15.4 Å². The van der Waals surface area contributed by atoms with Gasteiger partial charge in [-0.25, -0.2) is 9.78 Å². The van der Waals surface area contributed by atoms with Crippen LogP contribution >= 0.6 is 0 Å². The number of hydrogen-bond acceptors (Lipinski definition) is 8. The summed E-state index contributed by atoms with van der Waals surface area (Å²) < 4.78 is 10.2. The van der Waals surface area contributed by atoms with Crippen molar-refractivity contribution in [1.29, 1.82) is 0 Å². The van der Waals surface area contributed by atoms with Gasteiger partial charge in [0.1, 0.15) is 11.6 Å². The number of carbonyl (C=O) groups is 1. The summed E-state index contributed by atoms with van der Waals surface area (Å²) >= 11 is 0. The van der Waals surface area contributed by atoms with Crippen molar-refractivity contribution in [2.24, 2.45) is 0 Å². The van der Waals surface area contributed by atoms with Gasteiger partial charge in [0.2, 0.25) is 5.95 Å². The molecule has 0 aliphatic heterocycles. The molecule has 0 unspecified atom stereocenters. The average molecular weight is 407 g/mol. The van der Waals surface area contributed by atoms with Crippen LogP contribution in [0.3, 0.4) is 0 Å². The van der Waals surface area contributed by atoms with Gasteiger partial charge in [0.05, 0.1) is 36.9 Å². The van der Waals surface area contributed by atoms with Crippen LogP contribution in [-0.2, 0) is 4.74 Å². The maximum absolute atomic E-state index is 11.9. The number of anilines is 3. The molecule has 0 aliphatic rings. The first kappa shape index (κ1) is 21.0. The number of methoxy groups -OCH3 is 2. The second kappa shape index (κ2) is 8.77. The first-order chi connectivity index (χ1) is 14.3. The van der Waals surface area contributed by atoms with Crippen LogP contribution in [0.2, 0.25) is 0 Å². The lowest BCUT2D eigenvalue weighted by atomic mass is 10.1. The second-order valence-electron chi connectivity index (χ2n) is 7.58. The van der Waals surface area contributed by atoms with Crippen molar-refractivity contribution >= 4 is 23.4 Å². The Labute approximate surface area is 175 Å². The molecular weight excluding hydrogens is 382 g/mol. The van der Waals surface area contributed by atoms with Crippen molar-refractivity contribution in [3.8, 4) is 17.1 Å². The number of nitrogens with one attached hydrogen (secondary N) is 2. The van der Waals surface area contributed by atoms with Gasteiger partial charge in [0, 0.05) is 17.8 Å². The zero-order valence-electron chi connectivity index (χ0n) is 17.7. The maximum Gasteiger partial charge on any atom is 0.337 e. The van der Waals surface area contributed by atoms with Gasteiger partial charge in [-0.15, -0.1) is 0 Å². The molecule has 8 nitrogen and oxygen atoms in total. The Morgan fingerprint density at radius 1 is 1.00 bits per heavy atom. The maximum atomic E-state index is 11.9. The SMILES string of the molecule is COC(=O)c1ccc(OC)c(Nc2cc(-c3ccccn3)nc(NC(C)(C)C)n2)c1. The van der Waals surface area contributed by atoms with Crippen molar-refractivity contribution in [2.45, 2.75) is 26.3 Å². The molecule has 0 radical (unpaired) electrons. The smallest absolute Gasteiger partial charge is 0.337 e. The van der Waals surface area contributed by atoms with E-state index in [1.165, 1.54) is 7.11 Å². The molecule has 8 heteroatoms. The molecule has 2 aromatic heterocycles. The number of hydrogen-bond donors (Lipinski definition) is 2. The van der Waals surface area contributed by atoms with E-state index in [0.717, 1.165) is 5.69 Å². The third kappa shape index (κ3) is 5.22. The van der Waals surface area contributed by atoms with Gasteiger partial charge < -0.3 is 20.1 Å². The zero-order valence-corrected chi connectivity index (χ0v) is 17.7. The Morgan fingerprint density at radius 3 is 2.43 bits per heavy atom. The van der Waals surface area contributed by atoms with Gasteiger partial charge in [0.15, 0.2) is 0 Å². The molecule has 3 aromatic rings. The summed E-state index contributed by atoms with van der Waals surface area (Å²) in [7, 11) is 2.90. The lowest BCUT2D eigenvalue weighted by molar-refractivity contribution is 0.0600. The van der Waals surface area contributed by atoms with Gasteiger partial charge in [-0.05, 0) is 51.1 Å². The first-order valence-corrected chi connectivity index (χ1v) is 9.41. The molecule has 1 aromatic carbocycles. The van der Waals surface area contributed by atoms with Gasteiger partial charge >= 0.3 is 5.97 Å². The lowest BCUT2D eigenvalue weighted by Gasteiger charge is -2.21. The fraction of sp³-hybridized carbons (Fsp3) is 0.273. The summed E-state index contributed by atoms with van der Waals surface area (Å²) in [4.78, 5) is 25.5. The van der Waals surface area contributed by atoms with Crippen LogP contribution in [0.5, 0.6) is 5.75 Å². The molecule has 0 bridgehead atoms. The van der Waals surface area contributed by atoms with Gasteiger partial charge in [-0.1, -0.05) is 6.07 Å². The summed E-state index contributed by atoms with van der Waals surface area (Å²) in [6.45, 7) is 6.08. The third-order valence-corrected chi connectivity index (χ3v) is 4.02. The molecule has 156 valence electrons. The average Bonchev–Trinajstić information content (AvgIpc) is 2.72. The van der Waals surface area contributed by atoms with E-state index >= 15 is 0 Å². The van der Waals surface area contributed by atoms with Gasteiger partial charge in [0.25, 0.3) is 0 Å². The van der Waals surface area contributed by atoms with E-state index in [4.69, 9.17) is 9.47 Å². The predicted octanol–water partition coefficient (Wildman–Crippen LogP) is 4.29. The molecule has 3 rings (SSSR count). The molecule has 0 amide bonds. The number of esters is 1. The zero-order chi connectivity index (χ0) is 21.7. The molecule has 0 fully saturated rings. The lowest BCUT2D eigenvalue weighted by Crippen LogP contribution is -2.27. The van der Waals surface area contributed by atoms with E-state index in [2.05, 4.69) is 25.6 Å². The Hall–Kier alpha value is -3.68. The first-order valence-electron chi connectivity index (χ1n) is 9.41. The van der Waals surface area contributed by atoms with Crippen molar-refractivity contribution in [3.63, 3.8) is 0 Å². The normalized spacial score (nSPS) is 11.0. The molecule has 2 N–H and O–H groups in total. The minimum atomic E-state index is -0.437. The minimum absolute atomic E-state index is 0.234. The summed E-state index contributed by atoms with van der Waals surface area (Å²) in [5, 5.41) is 6.52. The molecule has 0 spiro atoms. The van der Waals surface area contributed by atoms with E-state index < -0.39 is 5.97 Å². The van der Waals surface area contributed by atoms with Gasteiger partial charge in [-0.3, -0.25) is 4.98 Å². The van der Waals surface area contributed by atoms with E-state index in [1.807, 2.05) is 39.0 Å². The third-order valence-electron chi connectivity index (χ3n) is 4.02. The van der Waals surface area contributed by atoms with Crippen LogP contribution in [0, 0.1) is 0 Å². The van der Waals surface area contributed by atoms with Crippen LogP contribution in [-0.4, -0.2) is 40.7 Å². The van der Waals surface area contributed by atoms with Gasteiger partial charge in [-0.2, -0.15) is 4.98 Å². The monoisotopic (exact) mass is 407 g/mol. The largest absolute Gasteiger partial charge is 0.495 e. The van der Waals surface area contributed by atoms with Crippen molar-refractivity contribution in [1.82, 2.24) is 15.0 Å². The van der Waals surface area contributed by atoms with Crippen molar-refractivity contribution in [3.05, 3.63) is 54.2 Å². The highest BCUT2D eigenvalue weighted by Gasteiger charge is 2.16. The fourth-order valence-corrected chi connectivity index (χ4v) is 2.74. The highest BCUT2D eigenvalue weighted by atomic mass is 16.5. The molecular formula is C22H25N5O3. The second-order valence-corrected chi connectivity index (χ2v) is 7.58. The molecule has 30 heavy (non-hydrogen) atoms. The summed E-state index contributed by atoms with van der Waals surface area (Å²) in [5.41, 5.74) is 2.11. The molecule has 2 heterocycles.